The van der Waals surface area contributed by atoms with Crippen molar-refractivity contribution >= 4 is 23.5 Å². The Kier molecular flexibility index (Phi) is 9.61. The number of fused-ring (bicyclic) bond motifs is 5. The Morgan fingerprint density at radius 2 is 1.98 bits per heavy atom. The number of piperidine rings is 2. The maximum absolute atomic E-state index is 15.8. The first kappa shape index (κ1) is 31.5. The standard InChI is InChI=1S/C32H52ClFN6O3/c1-5-8-24-29-20(11-13-35-24)12-14-43-25-10-7-9-23(34)27(25)28-22(33)15-21-30(37-32(42)40(29)31(21)36-28)39-17-18(3)38(16-19(39)4)26(41)6-2/h6,18-25,27-31,35-36H,2,5,7-17H2,1,3-4H3,(H,37,42)/t18-,19+,20?,21?,22?,23?,24?,25?,27?,28?,29?,30?,31?/m1/s1. The predicted molar refractivity (Wildman–Crippen MR) is 165 cm³/mol. The molecule has 5 heterocycles. The lowest BCUT2D eigenvalue weighted by Gasteiger charge is -2.60. The average molecular weight is 623 g/mol. The number of hydrogen-bond donors (Lipinski definition) is 3. The molecule has 43 heavy (non-hydrogen) atoms. The molecular formula is C32H52ClFN6O3. The average Bonchev–Trinajstić information content (AvgIpc) is 3.01. The van der Waals surface area contributed by atoms with Gasteiger partial charge in [0.05, 0.1) is 24.5 Å². The van der Waals surface area contributed by atoms with Gasteiger partial charge in [-0.25, -0.2) is 9.18 Å². The van der Waals surface area contributed by atoms with Gasteiger partial charge in [-0.1, -0.05) is 19.9 Å². The molecule has 0 aromatic heterocycles. The lowest BCUT2D eigenvalue weighted by Crippen LogP contribution is -2.80. The van der Waals surface area contributed by atoms with Gasteiger partial charge in [0.1, 0.15) is 6.17 Å². The number of halogens is 2. The molecule has 3 amide bonds. The summed E-state index contributed by atoms with van der Waals surface area (Å²) < 4.78 is 22.3. The minimum atomic E-state index is -0.982. The molecule has 5 saturated heterocycles. The van der Waals surface area contributed by atoms with E-state index in [4.69, 9.17) is 16.3 Å². The molecule has 11 heteroatoms. The van der Waals surface area contributed by atoms with Crippen LogP contribution in [0.5, 0.6) is 0 Å². The summed E-state index contributed by atoms with van der Waals surface area (Å²) in [5.74, 6) is -0.102. The predicted octanol–water partition coefficient (Wildman–Crippen LogP) is 3.43. The third kappa shape index (κ3) is 5.84. The Balaban J connectivity index is 1.38. The molecule has 0 radical (unpaired) electrons. The Morgan fingerprint density at radius 1 is 1.16 bits per heavy atom. The maximum atomic E-state index is 15.8. The molecule has 2 bridgehead atoms. The molecule has 0 aromatic rings. The van der Waals surface area contributed by atoms with Crippen molar-refractivity contribution < 1.29 is 18.7 Å². The van der Waals surface area contributed by atoms with Gasteiger partial charge in [-0.05, 0) is 77.3 Å². The maximum Gasteiger partial charge on any atom is 0.320 e. The molecule has 9 nitrogen and oxygen atoms in total. The van der Waals surface area contributed by atoms with E-state index in [2.05, 4.69) is 53.1 Å². The minimum absolute atomic E-state index is 0.000572. The van der Waals surface area contributed by atoms with Gasteiger partial charge < -0.3 is 25.2 Å². The fourth-order valence-corrected chi connectivity index (χ4v) is 9.94. The van der Waals surface area contributed by atoms with E-state index in [1.165, 1.54) is 6.08 Å². The summed E-state index contributed by atoms with van der Waals surface area (Å²) in [5.41, 5.74) is 0. The Morgan fingerprint density at radius 3 is 2.74 bits per heavy atom. The normalized spacial score (nSPS) is 45.7. The fourth-order valence-electron chi connectivity index (χ4n) is 9.50. The zero-order valence-electron chi connectivity index (χ0n) is 26.1. The summed E-state index contributed by atoms with van der Waals surface area (Å²) in [7, 11) is 0. The van der Waals surface area contributed by atoms with Crippen LogP contribution in [-0.4, -0.2) is 113 Å². The van der Waals surface area contributed by atoms with Crippen LogP contribution in [0.15, 0.2) is 12.7 Å². The van der Waals surface area contributed by atoms with E-state index in [1.54, 1.807) is 0 Å². The molecule has 0 aromatic carbocycles. The van der Waals surface area contributed by atoms with Crippen LogP contribution < -0.4 is 16.0 Å². The van der Waals surface area contributed by atoms with E-state index in [-0.39, 0.29) is 77.8 Å². The van der Waals surface area contributed by atoms with Crippen LogP contribution in [0.4, 0.5) is 9.18 Å². The van der Waals surface area contributed by atoms with Crippen LogP contribution in [-0.2, 0) is 9.53 Å². The van der Waals surface area contributed by atoms with Crippen molar-refractivity contribution in [3.8, 4) is 0 Å². The number of piperazine rings is 1. The number of urea groups is 1. The summed E-state index contributed by atoms with van der Waals surface area (Å²) >= 11 is 7.27. The smallest absolute Gasteiger partial charge is 0.320 e. The molecule has 0 spiro atoms. The molecule has 1 saturated carbocycles. The van der Waals surface area contributed by atoms with Gasteiger partial charge in [0.15, 0.2) is 0 Å². The van der Waals surface area contributed by atoms with Crippen molar-refractivity contribution in [2.45, 2.75) is 132 Å². The quantitative estimate of drug-likeness (QED) is 0.329. The van der Waals surface area contributed by atoms with Gasteiger partial charge in [0, 0.05) is 61.1 Å². The van der Waals surface area contributed by atoms with Gasteiger partial charge in [0.25, 0.3) is 0 Å². The van der Waals surface area contributed by atoms with Crippen molar-refractivity contribution in [3.05, 3.63) is 12.7 Å². The first-order valence-electron chi connectivity index (χ1n) is 16.9. The van der Waals surface area contributed by atoms with Crippen LogP contribution in [0.25, 0.3) is 0 Å². The lowest BCUT2D eigenvalue weighted by molar-refractivity contribution is -0.135. The number of carbonyl (C=O) groups is 2. The zero-order chi connectivity index (χ0) is 30.4. The van der Waals surface area contributed by atoms with Gasteiger partial charge in [-0.15, -0.1) is 11.6 Å². The van der Waals surface area contributed by atoms with Crippen molar-refractivity contribution in [1.82, 2.24) is 30.7 Å². The minimum Gasteiger partial charge on any atom is -0.378 e. The molecule has 3 N–H and O–H groups in total. The molecule has 6 fully saturated rings. The number of rotatable bonds is 4. The second kappa shape index (κ2) is 13.1. The van der Waals surface area contributed by atoms with Crippen LogP contribution in [0.1, 0.15) is 72.1 Å². The van der Waals surface area contributed by atoms with Crippen molar-refractivity contribution in [1.29, 1.82) is 0 Å². The summed E-state index contributed by atoms with van der Waals surface area (Å²) in [4.78, 5) is 33.4. The van der Waals surface area contributed by atoms with E-state index in [0.717, 1.165) is 45.1 Å². The topological polar surface area (TPSA) is 89.2 Å². The van der Waals surface area contributed by atoms with Crippen LogP contribution in [0.2, 0.25) is 0 Å². The Bertz CT molecular complexity index is 1040. The first-order valence-corrected chi connectivity index (χ1v) is 17.3. The number of hydrogen-bond acceptors (Lipinski definition) is 6. The highest BCUT2D eigenvalue weighted by Crippen LogP contribution is 2.44. The number of amides is 3. The lowest BCUT2D eigenvalue weighted by atomic mass is 9.73. The SMILES string of the molecule is C=CC(=O)N1C[C@H](C)N(C2NC(=O)N3C4NC(C(Cl)CC42)C2C(F)CCCC2OCCC2CCNC(CCC)C23)C[C@H]1C. The van der Waals surface area contributed by atoms with Crippen molar-refractivity contribution in [3.63, 3.8) is 0 Å². The van der Waals surface area contributed by atoms with E-state index in [0.29, 0.717) is 38.5 Å². The van der Waals surface area contributed by atoms with Gasteiger partial charge in [-0.3, -0.25) is 15.0 Å². The largest absolute Gasteiger partial charge is 0.378 e. The van der Waals surface area contributed by atoms with Crippen LogP contribution in [0.3, 0.4) is 0 Å². The van der Waals surface area contributed by atoms with E-state index in [9.17, 15) is 9.59 Å². The van der Waals surface area contributed by atoms with Gasteiger partial charge >= 0.3 is 6.03 Å². The van der Waals surface area contributed by atoms with Gasteiger partial charge in [0.2, 0.25) is 5.91 Å². The molecule has 242 valence electrons. The monoisotopic (exact) mass is 622 g/mol. The molecule has 6 aliphatic rings. The summed E-state index contributed by atoms with van der Waals surface area (Å²) in [6, 6.07) is -0.140. The van der Waals surface area contributed by atoms with Crippen LogP contribution >= 0.6 is 11.6 Å². The third-order valence-electron chi connectivity index (χ3n) is 11.5. The molecule has 1 aliphatic carbocycles. The first-order chi connectivity index (χ1) is 20.7. The van der Waals surface area contributed by atoms with Crippen molar-refractivity contribution in [2.75, 3.05) is 26.2 Å². The van der Waals surface area contributed by atoms with E-state index in [1.807, 2.05) is 4.90 Å². The second-order valence-electron chi connectivity index (χ2n) is 14.1. The highest BCUT2D eigenvalue weighted by atomic mass is 35.5. The van der Waals surface area contributed by atoms with Gasteiger partial charge in [-0.2, -0.15) is 0 Å². The van der Waals surface area contributed by atoms with Crippen molar-refractivity contribution in [2.24, 2.45) is 17.8 Å². The Hall–Kier alpha value is -1.46. The number of ether oxygens (including phenoxy) is 1. The molecule has 6 rings (SSSR count). The van der Waals surface area contributed by atoms with E-state index >= 15 is 4.39 Å². The Labute approximate surface area is 261 Å². The summed E-state index contributed by atoms with van der Waals surface area (Å²) in [6.45, 7) is 12.8. The summed E-state index contributed by atoms with van der Waals surface area (Å²) in [5, 5.41) is 10.8. The molecule has 5 aliphatic heterocycles. The highest BCUT2D eigenvalue weighted by Gasteiger charge is 2.57. The summed E-state index contributed by atoms with van der Waals surface area (Å²) in [6.07, 6.45) is 6.45. The third-order valence-corrected chi connectivity index (χ3v) is 12.0. The zero-order valence-corrected chi connectivity index (χ0v) is 26.9. The highest BCUT2D eigenvalue weighted by molar-refractivity contribution is 6.21. The molecule has 13 atom stereocenters. The number of carbonyl (C=O) groups excluding carboxylic acids is 2. The number of alkyl halides is 2. The second-order valence-corrected chi connectivity index (χ2v) is 14.6. The number of nitrogens with zero attached hydrogens (tertiary/aromatic N) is 3. The van der Waals surface area contributed by atoms with E-state index < -0.39 is 6.17 Å². The van der Waals surface area contributed by atoms with Crippen LogP contribution in [0, 0.1) is 17.8 Å². The fraction of sp³-hybridized carbons (Fsp3) is 0.875. The molecule has 11 unspecified atom stereocenters. The number of nitrogens with one attached hydrogen (secondary N) is 3. The molecular weight excluding hydrogens is 571 g/mol.